The Morgan fingerprint density at radius 2 is 1.94 bits per heavy atom. The second-order valence-corrected chi connectivity index (χ2v) is 5.41. The van der Waals surface area contributed by atoms with Gasteiger partial charge >= 0.3 is 0 Å². The van der Waals surface area contributed by atoms with Crippen LogP contribution in [0.4, 0.5) is 0 Å². The number of aliphatic hydroxyl groups is 1. The SMILES string of the molecule is CCOc1ccc(-c2nc(C(C)(C)O)cs2)cc1. The summed E-state index contributed by atoms with van der Waals surface area (Å²) < 4.78 is 5.40. The number of ether oxygens (including phenoxy) is 1. The van der Waals surface area contributed by atoms with Gasteiger partial charge in [-0.15, -0.1) is 11.3 Å². The Bertz CT molecular complexity index is 511. The van der Waals surface area contributed by atoms with Crippen LogP contribution in [0.25, 0.3) is 10.6 Å². The Kier molecular flexibility index (Phi) is 3.68. The third-order valence-corrected chi connectivity index (χ3v) is 3.43. The molecule has 0 spiro atoms. The van der Waals surface area contributed by atoms with Crippen molar-refractivity contribution in [1.29, 1.82) is 0 Å². The van der Waals surface area contributed by atoms with Crippen molar-refractivity contribution < 1.29 is 9.84 Å². The second kappa shape index (κ2) is 5.08. The van der Waals surface area contributed by atoms with E-state index in [-0.39, 0.29) is 0 Å². The molecule has 1 aromatic heterocycles. The molecule has 1 heterocycles. The largest absolute Gasteiger partial charge is 0.494 e. The molecule has 0 atom stereocenters. The quantitative estimate of drug-likeness (QED) is 0.918. The van der Waals surface area contributed by atoms with Gasteiger partial charge < -0.3 is 9.84 Å². The number of benzene rings is 1. The standard InChI is InChI=1S/C14H17NO2S/c1-4-17-11-7-5-10(6-8-11)13-15-12(9-18-13)14(2,3)16/h5-9,16H,4H2,1-3H3. The predicted octanol–water partition coefficient (Wildman–Crippen LogP) is 3.44. The smallest absolute Gasteiger partial charge is 0.123 e. The molecule has 0 unspecified atom stereocenters. The van der Waals surface area contributed by atoms with Crippen LogP contribution in [0.15, 0.2) is 29.6 Å². The first-order chi connectivity index (χ1) is 8.50. The van der Waals surface area contributed by atoms with Crippen LogP contribution < -0.4 is 4.74 Å². The second-order valence-electron chi connectivity index (χ2n) is 4.55. The van der Waals surface area contributed by atoms with Crippen molar-refractivity contribution >= 4 is 11.3 Å². The lowest BCUT2D eigenvalue weighted by Gasteiger charge is -2.13. The third kappa shape index (κ3) is 2.89. The van der Waals surface area contributed by atoms with E-state index >= 15 is 0 Å². The molecule has 0 radical (unpaired) electrons. The van der Waals surface area contributed by atoms with Gasteiger partial charge in [-0.2, -0.15) is 0 Å². The van der Waals surface area contributed by atoms with Gasteiger partial charge in [-0.25, -0.2) is 4.98 Å². The molecular formula is C14H17NO2S. The van der Waals surface area contributed by atoms with Crippen molar-refractivity contribution in [2.45, 2.75) is 26.4 Å². The molecule has 0 aliphatic carbocycles. The molecule has 0 saturated heterocycles. The summed E-state index contributed by atoms with van der Waals surface area (Å²) in [4.78, 5) is 4.46. The van der Waals surface area contributed by atoms with Crippen molar-refractivity contribution in [3.8, 4) is 16.3 Å². The van der Waals surface area contributed by atoms with Gasteiger partial charge in [-0.05, 0) is 45.0 Å². The summed E-state index contributed by atoms with van der Waals surface area (Å²) in [6.07, 6.45) is 0. The molecule has 4 heteroatoms. The van der Waals surface area contributed by atoms with Gasteiger partial charge in [0.2, 0.25) is 0 Å². The first-order valence-electron chi connectivity index (χ1n) is 5.92. The molecule has 0 amide bonds. The summed E-state index contributed by atoms with van der Waals surface area (Å²) in [6.45, 7) is 6.11. The van der Waals surface area contributed by atoms with Crippen molar-refractivity contribution in [3.05, 3.63) is 35.3 Å². The van der Waals surface area contributed by atoms with Crippen molar-refractivity contribution in [3.63, 3.8) is 0 Å². The third-order valence-electron chi connectivity index (χ3n) is 2.54. The van der Waals surface area contributed by atoms with E-state index in [9.17, 15) is 5.11 Å². The topological polar surface area (TPSA) is 42.4 Å². The fourth-order valence-corrected chi connectivity index (χ4v) is 2.54. The van der Waals surface area contributed by atoms with Gasteiger partial charge in [-0.1, -0.05) is 0 Å². The summed E-state index contributed by atoms with van der Waals surface area (Å²) in [5.41, 5.74) is 0.857. The number of hydrogen-bond donors (Lipinski definition) is 1. The zero-order valence-electron chi connectivity index (χ0n) is 10.8. The zero-order valence-corrected chi connectivity index (χ0v) is 11.6. The van der Waals surface area contributed by atoms with Crippen molar-refractivity contribution in [2.24, 2.45) is 0 Å². The molecule has 96 valence electrons. The Morgan fingerprint density at radius 3 is 2.44 bits per heavy atom. The Morgan fingerprint density at radius 1 is 1.28 bits per heavy atom. The molecule has 18 heavy (non-hydrogen) atoms. The summed E-state index contributed by atoms with van der Waals surface area (Å²) in [7, 11) is 0. The molecule has 0 fully saturated rings. The normalized spacial score (nSPS) is 11.6. The average Bonchev–Trinajstić information content (AvgIpc) is 2.79. The lowest BCUT2D eigenvalue weighted by Crippen LogP contribution is -2.15. The van der Waals surface area contributed by atoms with Gasteiger partial charge in [0.1, 0.15) is 16.4 Å². The molecular weight excluding hydrogens is 246 g/mol. The van der Waals surface area contributed by atoms with Crippen LogP contribution in [0.1, 0.15) is 26.5 Å². The highest BCUT2D eigenvalue weighted by Crippen LogP contribution is 2.29. The van der Waals surface area contributed by atoms with Crippen LogP contribution in [0.2, 0.25) is 0 Å². The minimum Gasteiger partial charge on any atom is -0.494 e. The van der Waals surface area contributed by atoms with E-state index in [2.05, 4.69) is 4.98 Å². The summed E-state index contributed by atoms with van der Waals surface area (Å²) >= 11 is 1.54. The molecule has 2 aromatic rings. The van der Waals surface area contributed by atoms with E-state index in [1.54, 1.807) is 13.8 Å². The molecule has 0 bridgehead atoms. The van der Waals surface area contributed by atoms with Crippen LogP contribution in [-0.4, -0.2) is 16.7 Å². The summed E-state index contributed by atoms with van der Waals surface area (Å²) in [5.74, 6) is 0.862. The number of nitrogens with zero attached hydrogens (tertiary/aromatic N) is 1. The predicted molar refractivity (Wildman–Crippen MR) is 74.0 cm³/mol. The maximum atomic E-state index is 9.89. The zero-order chi connectivity index (χ0) is 13.2. The molecule has 1 N–H and O–H groups in total. The van der Waals surface area contributed by atoms with E-state index in [0.29, 0.717) is 12.3 Å². The Balaban J connectivity index is 2.23. The van der Waals surface area contributed by atoms with Gasteiger partial charge in [0, 0.05) is 10.9 Å². The number of hydrogen-bond acceptors (Lipinski definition) is 4. The van der Waals surface area contributed by atoms with E-state index in [4.69, 9.17) is 4.74 Å². The average molecular weight is 263 g/mol. The number of rotatable bonds is 4. The van der Waals surface area contributed by atoms with Crippen LogP contribution in [-0.2, 0) is 5.60 Å². The molecule has 0 saturated carbocycles. The molecule has 1 aromatic carbocycles. The Hall–Kier alpha value is -1.39. The number of thiazole rings is 1. The lowest BCUT2D eigenvalue weighted by atomic mass is 10.1. The minimum absolute atomic E-state index is 0.666. The van der Waals surface area contributed by atoms with Crippen LogP contribution in [0, 0.1) is 0 Å². The fourth-order valence-electron chi connectivity index (χ4n) is 1.55. The molecule has 2 rings (SSSR count). The Labute approximate surface area is 111 Å². The molecule has 0 aliphatic rings. The van der Waals surface area contributed by atoms with E-state index in [1.165, 1.54) is 11.3 Å². The maximum Gasteiger partial charge on any atom is 0.123 e. The van der Waals surface area contributed by atoms with Gasteiger partial charge in [0.25, 0.3) is 0 Å². The van der Waals surface area contributed by atoms with Crippen LogP contribution in [0.3, 0.4) is 0 Å². The summed E-state index contributed by atoms with van der Waals surface area (Å²) in [5, 5.41) is 12.7. The molecule has 0 aliphatic heterocycles. The first kappa shape index (κ1) is 13.1. The van der Waals surface area contributed by atoms with Gasteiger partial charge in [0.05, 0.1) is 12.3 Å². The van der Waals surface area contributed by atoms with E-state index in [1.807, 2.05) is 36.6 Å². The lowest BCUT2D eigenvalue weighted by molar-refractivity contribution is 0.0746. The van der Waals surface area contributed by atoms with Gasteiger partial charge in [-0.3, -0.25) is 0 Å². The van der Waals surface area contributed by atoms with Crippen LogP contribution >= 0.6 is 11.3 Å². The van der Waals surface area contributed by atoms with Crippen LogP contribution in [0.5, 0.6) is 5.75 Å². The minimum atomic E-state index is -0.889. The fraction of sp³-hybridized carbons (Fsp3) is 0.357. The first-order valence-corrected chi connectivity index (χ1v) is 6.80. The monoisotopic (exact) mass is 263 g/mol. The number of aromatic nitrogens is 1. The van der Waals surface area contributed by atoms with E-state index in [0.717, 1.165) is 16.3 Å². The highest BCUT2D eigenvalue weighted by Gasteiger charge is 2.19. The highest BCUT2D eigenvalue weighted by molar-refractivity contribution is 7.13. The highest BCUT2D eigenvalue weighted by atomic mass is 32.1. The van der Waals surface area contributed by atoms with E-state index < -0.39 is 5.60 Å². The van der Waals surface area contributed by atoms with Crippen molar-refractivity contribution in [1.82, 2.24) is 4.98 Å². The molecule has 3 nitrogen and oxygen atoms in total. The van der Waals surface area contributed by atoms with Gasteiger partial charge in [0.15, 0.2) is 0 Å². The summed E-state index contributed by atoms with van der Waals surface area (Å²) in [6, 6.07) is 7.84. The van der Waals surface area contributed by atoms with Crippen molar-refractivity contribution in [2.75, 3.05) is 6.61 Å². The maximum absolute atomic E-state index is 9.89.